The van der Waals surface area contributed by atoms with Crippen molar-refractivity contribution in [2.24, 2.45) is 0 Å². The second kappa shape index (κ2) is 6.00. The molecule has 0 N–H and O–H groups in total. The second-order valence-corrected chi connectivity index (χ2v) is 5.89. The predicted octanol–water partition coefficient (Wildman–Crippen LogP) is 3.91. The van der Waals surface area contributed by atoms with Crippen molar-refractivity contribution in [2.45, 2.75) is 19.6 Å². The van der Waals surface area contributed by atoms with E-state index in [1.807, 2.05) is 36.4 Å². The van der Waals surface area contributed by atoms with Gasteiger partial charge in [0.25, 0.3) is 0 Å². The van der Waals surface area contributed by atoms with E-state index in [9.17, 15) is 4.79 Å². The molecule has 3 rings (SSSR count). The number of ether oxygens (including phenoxy) is 2. The number of rotatable bonds is 4. The molecule has 0 aromatic heterocycles. The maximum atomic E-state index is 12.5. The first-order chi connectivity index (χ1) is 10.2. The number of hydrogen-bond acceptors (Lipinski definition) is 3. The smallest absolute Gasteiger partial charge is 0.167 e. The van der Waals surface area contributed by atoms with Crippen molar-refractivity contribution in [3.63, 3.8) is 0 Å². The Kier molecular flexibility index (Phi) is 4.08. The summed E-state index contributed by atoms with van der Waals surface area (Å²) in [7, 11) is 1.62. The van der Waals surface area contributed by atoms with Crippen LogP contribution in [0.2, 0.25) is 0 Å². The van der Waals surface area contributed by atoms with Gasteiger partial charge >= 0.3 is 0 Å². The Morgan fingerprint density at radius 3 is 2.81 bits per heavy atom. The third-order valence-electron chi connectivity index (χ3n) is 3.65. The molecular weight excluding hydrogens is 332 g/mol. The zero-order valence-electron chi connectivity index (χ0n) is 11.7. The number of carbonyl (C=O) groups excluding carboxylic acids is 1. The van der Waals surface area contributed by atoms with Crippen molar-refractivity contribution in [3.8, 4) is 5.75 Å². The Morgan fingerprint density at radius 1 is 1.19 bits per heavy atom. The van der Waals surface area contributed by atoms with Crippen LogP contribution < -0.4 is 4.74 Å². The molecule has 0 radical (unpaired) electrons. The summed E-state index contributed by atoms with van der Waals surface area (Å²) in [5.41, 5.74) is 3.95. The molecule has 0 bridgehead atoms. The van der Waals surface area contributed by atoms with Gasteiger partial charge in [-0.2, -0.15) is 0 Å². The number of benzene rings is 2. The Hall–Kier alpha value is -1.65. The molecule has 21 heavy (non-hydrogen) atoms. The lowest BCUT2D eigenvalue weighted by Gasteiger charge is -2.08. The molecule has 0 spiro atoms. The molecule has 0 fully saturated rings. The first kappa shape index (κ1) is 14.3. The molecule has 0 saturated heterocycles. The minimum absolute atomic E-state index is 0.0960. The van der Waals surface area contributed by atoms with E-state index < -0.39 is 0 Å². The number of carbonyl (C=O) groups is 1. The Morgan fingerprint density at radius 2 is 2.00 bits per heavy atom. The minimum atomic E-state index is 0.0960. The van der Waals surface area contributed by atoms with Crippen molar-refractivity contribution in [1.29, 1.82) is 0 Å². The zero-order chi connectivity index (χ0) is 14.8. The maximum absolute atomic E-state index is 12.5. The third-order valence-corrected chi connectivity index (χ3v) is 4.42. The number of hydrogen-bond donors (Lipinski definition) is 0. The summed E-state index contributed by atoms with van der Waals surface area (Å²) in [5, 5.41) is 0. The average molecular weight is 347 g/mol. The van der Waals surface area contributed by atoms with Crippen LogP contribution in [0.25, 0.3) is 0 Å². The van der Waals surface area contributed by atoms with Crippen molar-refractivity contribution in [2.75, 3.05) is 7.11 Å². The average Bonchev–Trinajstić information content (AvgIpc) is 2.96. The first-order valence-corrected chi connectivity index (χ1v) is 7.52. The van der Waals surface area contributed by atoms with Gasteiger partial charge in [0.2, 0.25) is 0 Å². The van der Waals surface area contributed by atoms with E-state index in [0.717, 1.165) is 26.9 Å². The molecule has 1 heterocycles. The standard InChI is InChI=1S/C17H15BrO3/c1-20-15-4-5-16(18)13(7-15)8-17(19)11-2-3-12-9-21-10-14(12)6-11/h2-7H,8-10H2,1H3. The molecule has 3 nitrogen and oxygen atoms in total. The molecule has 0 saturated carbocycles. The van der Waals surface area contributed by atoms with Crippen LogP contribution in [-0.2, 0) is 24.4 Å². The van der Waals surface area contributed by atoms with Crippen molar-refractivity contribution in [3.05, 3.63) is 63.1 Å². The minimum Gasteiger partial charge on any atom is -0.497 e. The number of fused-ring (bicyclic) bond motifs is 1. The zero-order valence-corrected chi connectivity index (χ0v) is 13.3. The van der Waals surface area contributed by atoms with Gasteiger partial charge in [0.1, 0.15) is 5.75 Å². The lowest BCUT2D eigenvalue weighted by Crippen LogP contribution is -2.05. The van der Waals surface area contributed by atoms with Crippen LogP contribution in [0, 0.1) is 0 Å². The molecule has 2 aromatic rings. The van der Waals surface area contributed by atoms with Gasteiger partial charge in [-0.05, 0) is 41.0 Å². The second-order valence-electron chi connectivity index (χ2n) is 5.03. The Bertz CT molecular complexity index is 694. The summed E-state index contributed by atoms with van der Waals surface area (Å²) in [5.74, 6) is 0.849. The molecule has 0 amide bonds. The van der Waals surface area contributed by atoms with Crippen LogP contribution in [0.4, 0.5) is 0 Å². The number of halogens is 1. The molecule has 1 aliphatic heterocycles. The van der Waals surface area contributed by atoms with Gasteiger partial charge < -0.3 is 9.47 Å². The quantitative estimate of drug-likeness (QED) is 0.787. The van der Waals surface area contributed by atoms with E-state index >= 15 is 0 Å². The summed E-state index contributed by atoms with van der Waals surface area (Å²) < 4.78 is 11.5. The monoisotopic (exact) mass is 346 g/mol. The van der Waals surface area contributed by atoms with Crippen molar-refractivity contribution >= 4 is 21.7 Å². The van der Waals surface area contributed by atoms with Crippen LogP contribution in [0.5, 0.6) is 5.75 Å². The summed E-state index contributed by atoms with van der Waals surface area (Å²) in [6, 6.07) is 11.5. The van der Waals surface area contributed by atoms with Gasteiger partial charge in [0, 0.05) is 16.5 Å². The number of Topliss-reactive ketones (excluding diaryl/α,β-unsaturated/α-hetero) is 1. The van der Waals surface area contributed by atoms with E-state index in [2.05, 4.69) is 15.9 Å². The largest absolute Gasteiger partial charge is 0.497 e. The lowest BCUT2D eigenvalue weighted by molar-refractivity contribution is 0.0992. The Labute approximate surface area is 132 Å². The van der Waals surface area contributed by atoms with Gasteiger partial charge in [0.15, 0.2) is 5.78 Å². The number of methoxy groups -OCH3 is 1. The van der Waals surface area contributed by atoms with Gasteiger partial charge in [-0.1, -0.05) is 28.1 Å². The maximum Gasteiger partial charge on any atom is 0.167 e. The predicted molar refractivity (Wildman–Crippen MR) is 83.7 cm³/mol. The highest BCUT2D eigenvalue weighted by atomic mass is 79.9. The van der Waals surface area contributed by atoms with Crippen LogP contribution in [0.1, 0.15) is 27.0 Å². The summed E-state index contributed by atoms with van der Waals surface area (Å²) in [6.45, 7) is 1.24. The van der Waals surface area contributed by atoms with Gasteiger partial charge in [0.05, 0.1) is 20.3 Å². The van der Waals surface area contributed by atoms with E-state index in [-0.39, 0.29) is 5.78 Å². The topological polar surface area (TPSA) is 35.5 Å². The lowest BCUT2D eigenvalue weighted by atomic mass is 9.99. The van der Waals surface area contributed by atoms with E-state index in [0.29, 0.717) is 19.6 Å². The highest BCUT2D eigenvalue weighted by Gasteiger charge is 2.15. The van der Waals surface area contributed by atoms with Crippen molar-refractivity contribution in [1.82, 2.24) is 0 Å². The van der Waals surface area contributed by atoms with Gasteiger partial charge in [-0.3, -0.25) is 4.79 Å². The summed E-state index contributed by atoms with van der Waals surface area (Å²) in [4.78, 5) is 12.5. The van der Waals surface area contributed by atoms with Crippen LogP contribution in [0.15, 0.2) is 40.9 Å². The van der Waals surface area contributed by atoms with Crippen LogP contribution >= 0.6 is 15.9 Å². The third kappa shape index (κ3) is 3.01. The SMILES string of the molecule is COc1ccc(Br)c(CC(=O)c2ccc3c(c2)COC3)c1. The highest BCUT2D eigenvalue weighted by molar-refractivity contribution is 9.10. The number of ketones is 1. The fraction of sp³-hybridized carbons (Fsp3) is 0.235. The molecule has 0 unspecified atom stereocenters. The molecule has 0 aliphatic carbocycles. The van der Waals surface area contributed by atoms with Gasteiger partial charge in [-0.15, -0.1) is 0 Å². The molecule has 108 valence electrons. The van der Waals surface area contributed by atoms with E-state index in [1.165, 1.54) is 5.56 Å². The molecule has 1 aliphatic rings. The fourth-order valence-corrected chi connectivity index (χ4v) is 2.82. The first-order valence-electron chi connectivity index (χ1n) is 6.72. The molecule has 2 aromatic carbocycles. The summed E-state index contributed by atoms with van der Waals surface area (Å²) in [6.07, 6.45) is 0.345. The van der Waals surface area contributed by atoms with Crippen LogP contribution in [0.3, 0.4) is 0 Å². The molecule has 4 heteroatoms. The molecular formula is C17H15BrO3. The highest BCUT2D eigenvalue weighted by Crippen LogP contribution is 2.25. The van der Waals surface area contributed by atoms with Crippen LogP contribution in [-0.4, -0.2) is 12.9 Å². The van der Waals surface area contributed by atoms with Crippen molar-refractivity contribution < 1.29 is 14.3 Å². The fourth-order valence-electron chi connectivity index (χ4n) is 2.43. The van der Waals surface area contributed by atoms with Gasteiger partial charge in [-0.25, -0.2) is 0 Å². The Balaban J connectivity index is 1.83. The van der Waals surface area contributed by atoms with E-state index in [4.69, 9.17) is 9.47 Å². The van der Waals surface area contributed by atoms with E-state index in [1.54, 1.807) is 7.11 Å². The normalized spacial score (nSPS) is 13.0. The summed E-state index contributed by atoms with van der Waals surface area (Å²) >= 11 is 3.48. The molecule has 0 atom stereocenters.